The molecular weight excluding hydrogens is 386 g/mol. The molecule has 0 saturated carbocycles. The van der Waals surface area contributed by atoms with Crippen molar-refractivity contribution in [3.63, 3.8) is 0 Å². The highest BCUT2D eigenvalue weighted by Gasteiger charge is 2.21. The van der Waals surface area contributed by atoms with E-state index in [9.17, 15) is 4.79 Å². The fourth-order valence-corrected chi connectivity index (χ4v) is 4.26. The van der Waals surface area contributed by atoms with Crippen LogP contribution >= 0.6 is 11.6 Å². The number of carbonyl (C=O) groups excluding carboxylic acids is 1. The molecular formula is C23H22ClN3O2. The minimum absolute atomic E-state index is 0.413. The average Bonchev–Trinajstić information content (AvgIpc) is 2.73. The van der Waals surface area contributed by atoms with Gasteiger partial charge in [0.25, 0.3) is 5.91 Å². The molecule has 5 nitrogen and oxygen atoms in total. The zero-order valence-corrected chi connectivity index (χ0v) is 16.9. The number of halogens is 1. The summed E-state index contributed by atoms with van der Waals surface area (Å²) in [4.78, 5) is 21.0. The van der Waals surface area contributed by atoms with Crippen LogP contribution in [-0.2, 0) is 19.3 Å². The summed E-state index contributed by atoms with van der Waals surface area (Å²) >= 11 is 6.07. The maximum Gasteiger partial charge on any atom is 0.274 e. The fourth-order valence-electron chi connectivity index (χ4n) is 4.03. The van der Waals surface area contributed by atoms with Crippen LogP contribution in [0.5, 0.6) is 0 Å². The van der Waals surface area contributed by atoms with Crippen LogP contribution in [0.25, 0.3) is 11.3 Å². The Labute approximate surface area is 174 Å². The largest absolute Gasteiger partial charge is 0.288 e. The Hall–Kier alpha value is -2.76. The molecule has 3 aromatic rings. The number of amides is 1. The number of hydroxylamine groups is 1. The van der Waals surface area contributed by atoms with Crippen LogP contribution in [0, 0.1) is 12.8 Å². The van der Waals surface area contributed by atoms with Gasteiger partial charge in [-0.2, -0.15) is 0 Å². The summed E-state index contributed by atoms with van der Waals surface area (Å²) in [6.45, 7) is 2.03. The smallest absolute Gasteiger partial charge is 0.274 e. The van der Waals surface area contributed by atoms with Crippen LogP contribution in [0.3, 0.4) is 0 Å². The Balaban J connectivity index is 1.53. The molecule has 0 bridgehead atoms. The normalized spacial score (nSPS) is 15.6. The highest BCUT2D eigenvalue weighted by Crippen LogP contribution is 2.29. The highest BCUT2D eigenvalue weighted by molar-refractivity contribution is 6.30. The third-order valence-corrected chi connectivity index (χ3v) is 5.78. The molecule has 1 aliphatic carbocycles. The third kappa shape index (κ3) is 4.31. The molecule has 6 heteroatoms. The maximum absolute atomic E-state index is 11.7. The van der Waals surface area contributed by atoms with Crippen LogP contribution in [0.1, 0.15) is 39.3 Å². The summed E-state index contributed by atoms with van der Waals surface area (Å²) < 4.78 is 0. The van der Waals surface area contributed by atoms with Gasteiger partial charge in [0.15, 0.2) is 0 Å². The van der Waals surface area contributed by atoms with Crippen molar-refractivity contribution >= 4 is 17.5 Å². The molecule has 1 unspecified atom stereocenters. The van der Waals surface area contributed by atoms with E-state index in [4.69, 9.17) is 21.8 Å². The van der Waals surface area contributed by atoms with E-state index in [1.165, 1.54) is 5.56 Å². The molecule has 0 radical (unpaired) electrons. The number of fused-ring (bicyclic) bond motifs is 1. The lowest BCUT2D eigenvalue weighted by molar-refractivity contribution is 0.0706. The van der Waals surface area contributed by atoms with E-state index in [-0.39, 0.29) is 0 Å². The summed E-state index contributed by atoms with van der Waals surface area (Å²) in [6, 6.07) is 13.4. The van der Waals surface area contributed by atoms with Gasteiger partial charge >= 0.3 is 0 Å². The first kappa shape index (κ1) is 19.6. The summed E-state index contributed by atoms with van der Waals surface area (Å²) in [6.07, 6.45) is 5.50. The van der Waals surface area contributed by atoms with Crippen molar-refractivity contribution < 1.29 is 10.0 Å². The van der Waals surface area contributed by atoms with E-state index < -0.39 is 5.91 Å². The lowest BCUT2D eigenvalue weighted by atomic mass is 9.81. The summed E-state index contributed by atoms with van der Waals surface area (Å²) in [5.74, 6) is 0.760. The van der Waals surface area contributed by atoms with Crippen molar-refractivity contribution in [3.05, 3.63) is 81.8 Å². The van der Waals surface area contributed by atoms with Gasteiger partial charge in [-0.1, -0.05) is 23.7 Å². The highest BCUT2D eigenvalue weighted by atomic mass is 35.5. The van der Waals surface area contributed by atoms with Crippen molar-refractivity contribution in [2.75, 3.05) is 0 Å². The van der Waals surface area contributed by atoms with Gasteiger partial charge in [0.05, 0.1) is 5.69 Å². The second-order valence-electron chi connectivity index (χ2n) is 7.55. The van der Waals surface area contributed by atoms with Gasteiger partial charge in [-0.15, -0.1) is 0 Å². The van der Waals surface area contributed by atoms with Gasteiger partial charge in [0, 0.05) is 28.8 Å². The first-order valence-corrected chi connectivity index (χ1v) is 10.1. The third-order valence-electron chi connectivity index (χ3n) is 5.54. The van der Waals surface area contributed by atoms with E-state index in [1.807, 2.05) is 49.5 Å². The minimum atomic E-state index is -0.482. The molecule has 148 valence electrons. The average molecular weight is 408 g/mol. The molecule has 0 aliphatic heterocycles. The van der Waals surface area contributed by atoms with Gasteiger partial charge in [-0.3, -0.25) is 10.0 Å². The number of aryl methyl sites for hydroxylation is 2. The number of carbonyl (C=O) groups is 1. The van der Waals surface area contributed by atoms with Crippen LogP contribution in [-0.4, -0.2) is 21.1 Å². The van der Waals surface area contributed by atoms with Gasteiger partial charge in [-0.05, 0) is 79.1 Å². The first-order valence-electron chi connectivity index (χ1n) is 9.68. The van der Waals surface area contributed by atoms with Gasteiger partial charge < -0.3 is 0 Å². The zero-order valence-electron chi connectivity index (χ0n) is 16.2. The van der Waals surface area contributed by atoms with E-state index in [2.05, 4.69) is 4.98 Å². The van der Waals surface area contributed by atoms with Gasteiger partial charge in [0.1, 0.15) is 5.82 Å². The van der Waals surface area contributed by atoms with Crippen LogP contribution in [0.15, 0.2) is 48.7 Å². The molecule has 29 heavy (non-hydrogen) atoms. The lowest BCUT2D eigenvalue weighted by Gasteiger charge is -2.24. The number of benzene rings is 2. The molecule has 1 aliphatic rings. The Bertz CT molecular complexity index is 1070. The predicted molar refractivity (Wildman–Crippen MR) is 112 cm³/mol. The Kier molecular flexibility index (Phi) is 5.60. The number of nitrogens with zero attached hydrogens (tertiary/aromatic N) is 2. The Morgan fingerprint density at radius 2 is 2.07 bits per heavy atom. The van der Waals surface area contributed by atoms with Crippen molar-refractivity contribution in [3.8, 4) is 11.3 Å². The number of nitrogens with one attached hydrogen (secondary N) is 1. The van der Waals surface area contributed by atoms with Crippen LogP contribution in [0.2, 0.25) is 5.02 Å². The maximum atomic E-state index is 11.7. The van der Waals surface area contributed by atoms with E-state index in [0.29, 0.717) is 11.5 Å². The second kappa shape index (κ2) is 8.31. The zero-order chi connectivity index (χ0) is 20.4. The summed E-state index contributed by atoms with van der Waals surface area (Å²) in [7, 11) is 0. The molecule has 0 fully saturated rings. The predicted octanol–water partition coefficient (Wildman–Crippen LogP) is 4.57. The molecule has 1 heterocycles. The molecule has 4 rings (SSSR count). The summed E-state index contributed by atoms with van der Waals surface area (Å²) in [5.41, 5.74) is 7.66. The SMILES string of the molecule is Cc1cc(Cl)ccc1-c1ccnc(CC2CCc3ccc(C(=O)NO)cc3C2)n1. The topological polar surface area (TPSA) is 75.1 Å². The van der Waals surface area contributed by atoms with Gasteiger partial charge in [-0.25, -0.2) is 15.4 Å². The second-order valence-corrected chi connectivity index (χ2v) is 7.99. The molecule has 2 N–H and O–H groups in total. The van der Waals surface area contributed by atoms with Crippen molar-refractivity contribution in [2.45, 2.75) is 32.6 Å². The Morgan fingerprint density at radius 3 is 2.86 bits per heavy atom. The van der Waals surface area contributed by atoms with Crippen molar-refractivity contribution in [1.82, 2.24) is 15.4 Å². The number of hydrogen-bond donors (Lipinski definition) is 2. The minimum Gasteiger partial charge on any atom is -0.288 e. The standard InChI is InChI=1S/C23H22ClN3O2/c1-14-10-19(24)6-7-20(14)21-8-9-25-22(26-21)12-15-2-3-16-4-5-17(23(28)27-29)13-18(16)11-15/h4-10,13,15,29H,2-3,11-12H2,1H3,(H,27,28). The quantitative estimate of drug-likeness (QED) is 0.490. The van der Waals surface area contributed by atoms with E-state index in [1.54, 1.807) is 11.5 Å². The monoisotopic (exact) mass is 407 g/mol. The first-order chi connectivity index (χ1) is 14.0. The molecule has 1 aromatic heterocycles. The van der Waals surface area contributed by atoms with Gasteiger partial charge in [0.2, 0.25) is 0 Å². The van der Waals surface area contributed by atoms with Crippen molar-refractivity contribution in [2.24, 2.45) is 5.92 Å². The van der Waals surface area contributed by atoms with E-state index >= 15 is 0 Å². The lowest BCUT2D eigenvalue weighted by Crippen LogP contribution is -2.21. The molecule has 2 aromatic carbocycles. The van der Waals surface area contributed by atoms with Crippen LogP contribution < -0.4 is 5.48 Å². The van der Waals surface area contributed by atoms with Crippen molar-refractivity contribution in [1.29, 1.82) is 0 Å². The number of hydrogen-bond acceptors (Lipinski definition) is 4. The fraction of sp³-hybridized carbons (Fsp3) is 0.261. The summed E-state index contributed by atoms with van der Waals surface area (Å²) in [5, 5.41) is 9.59. The van der Waals surface area contributed by atoms with E-state index in [0.717, 1.165) is 58.9 Å². The van der Waals surface area contributed by atoms with Crippen LogP contribution in [0.4, 0.5) is 0 Å². The Morgan fingerprint density at radius 1 is 1.21 bits per heavy atom. The number of rotatable bonds is 4. The molecule has 0 saturated heterocycles. The molecule has 0 spiro atoms. The number of aromatic nitrogens is 2. The molecule has 1 amide bonds. The molecule has 1 atom stereocenters.